The van der Waals surface area contributed by atoms with Crippen LogP contribution in [0.3, 0.4) is 0 Å². The molecule has 1 unspecified atom stereocenters. The maximum Gasteiger partial charge on any atom is 0.407 e. The number of carbonyl (C=O) groups excluding carboxylic acids is 1. The van der Waals surface area contributed by atoms with E-state index in [1.54, 1.807) is 0 Å². The molecule has 3 saturated heterocycles. The summed E-state index contributed by atoms with van der Waals surface area (Å²) in [7, 11) is 1.54. The largest absolute Gasteiger partial charge is 0.497 e. The lowest BCUT2D eigenvalue weighted by molar-refractivity contribution is -0.0348. The molecule has 3 aliphatic heterocycles. The molecule has 2 aromatic carbocycles. The van der Waals surface area contributed by atoms with Crippen LogP contribution in [0.15, 0.2) is 36.4 Å². The minimum Gasteiger partial charge on any atom is -0.497 e. The lowest BCUT2D eigenvalue weighted by Gasteiger charge is -2.44. The maximum absolute atomic E-state index is 14.0. The molecule has 0 saturated carbocycles. The standard InChI is InChI=1S/C26H31FN2O3/c1-26(2)14-19-10-17(18-11-20(27)13-21(12-18)31-3)4-5-22(19)24(26)28-25(30)32-23-15-29-8-6-16(23)7-9-29/h4-5,10-13,16,23-24H,6-9,14-15H2,1-3H3,(H,28,30)/t23-,24?/m0/s1. The van der Waals surface area contributed by atoms with E-state index in [0.717, 1.165) is 55.6 Å². The molecule has 4 aliphatic rings. The van der Waals surface area contributed by atoms with Gasteiger partial charge in [-0.15, -0.1) is 0 Å². The lowest BCUT2D eigenvalue weighted by atomic mass is 9.85. The molecule has 3 heterocycles. The number of alkyl carbamates (subject to hydrolysis) is 1. The van der Waals surface area contributed by atoms with Gasteiger partial charge in [0.05, 0.1) is 13.2 Å². The molecule has 0 aromatic heterocycles. The van der Waals surface area contributed by atoms with E-state index in [9.17, 15) is 9.18 Å². The number of piperidine rings is 3. The Morgan fingerprint density at radius 3 is 2.59 bits per heavy atom. The van der Waals surface area contributed by atoms with E-state index >= 15 is 0 Å². The molecule has 1 aliphatic carbocycles. The molecular formula is C26H31FN2O3. The summed E-state index contributed by atoms with van der Waals surface area (Å²) in [5.74, 6) is 0.659. The first kappa shape index (κ1) is 21.3. The first-order chi connectivity index (χ1) is 15.3. The van der Waals surface area contributed by atoms with Gasteiger partial charge >= 0.3 is 6.09 Å². The van der Waals surface area contributed by atoms with Gasteiger partial charge in [0.1, 0.15) is 17.7 Å². The average molecular weight is 439 g/mol. The zero-order chi connectivity index (χ0) is 22.5. The summed E-state index contributed by atoms with van der Waals surface area (Å²) >= 11 is 0. The third kappa shape index (κ3) is 3.96. The molecule has 6 heteroatoms. The number of carbonyl (C=O) groups is 1. The second-order valence-corrected chi connectivity index (χ2v) is 10.1. The van der Waals surface area contributed by atoms with Gasteiger partial charge in [0.15, 0.2) is 0 Å². The van der Waals surface area contributed by atoms with Crippen LogP contribution in [-0.4, -0.2) is 43.8 Å². The predicted octanol–water partition coefficient (Wildman–Crippen LogP) is 4.95. The summed E-state index contributed by atoms with van der Waals surface area (Å²) in [5.41, 5.74) is 3.85. The van der Waals surface area contributed by atoms with E-state index in [4.69, 9.17) is 9.47 Å². The van der Waals surface area contributed by atoms with Crippen molar-refractivity contribution in [3.63, 3.8) is 0 Å². The number of fused-ring (bicyclic) bond motifs is 4. The number of nitrogens with zero attached hydrogens (tertiary/aromatic N) is 1. The second kappa shape index (κ2) is 8.07. The Kier molecular flexibility index (Phi) is 5.36. The molecule has 2 bridgehead atoms. The van der Waals surface area contributed by atoms with Crippen molar-refractivity contribution in [1.82, 2.24) is 10.2 Å². The van der Waals surface area contributed by atoms with E-state index in [0.29, 0.717) is 11.7 Å². The number of rotatable bonds is 4. The molecule has 6 rings (SSSR count). The molecule has 170 valence electrons. The van der Waals surface area contributed by atoms with Crippen molar-refractivity contribution in [3.8, 4) is 16.9 Å². The molecule has 0 spiro atoms. The highest BCUT2D eigenvalue weighted by Crippen LogP contribution is 2.46. The number of benzene rings is 2. The van der Waals surface area contributed by atoms with Gasteiger partial charge in [-0.2, -0.15) is 0 Å². The fourth-order valence-electron chi connectivity index (χ4n) is 5.69. The Morgan fingerprint density at radius 2 is 1.91 bits per heavy atom. The van der Waals surface area contributed by atoms with Crippen molar-refractivity contribution in [1.29, 1.82) is 0 Å². The normalized spacial score (nSPS) is 27.6. The van der Waals surface area contributed by atoms with E-state index < -0.39 is 0 Å². The molecule has 1 N–H and O–H groups in total. The summed E-state index contributed by atoms with van der Waals surface area (Å²) in [4.78, 5) is 15.2. The van der Waals surface area contributed by atoms with Gasteiger partial charge in [-0.3, -0.25) is 4.90 Å². The molecule has 0 radical (unpaired) electrons. The minimum atomic E-state index is -0.325. The van der Waals surface area contributed by atoms with Crippen LogP contribution in [0.5, 0.6) is 5.75 Å². The lowest BCUT2D eigenvalue weighted by Crippen LogP contribution is -2.53. The highest BCUT2D eigenvalue weighted by atomic mass is 19.1. The summed E-state index contributed by atoms with van der Waals surface area (Å²) in [5, 5.41) is 3.16. The van der Waals surface area contributed by atoms with Gasteiger partial charge in [0.25, 0.3) is 0 Å². The highest BCUT2D eigenvalue weighted by Gasteiger charge is 2.42. The quantitative estimate of drug-likeness (QED) is 0.734. The van der Waals surface area contributed by atoms with Crippen LogP contribution in [0.2, 0.25) is 0 Å². The highest BCUT2D eigenvalue weighted by molar-refractivity contribution is 5.70. The monoisotopic (exact) mass is 438 g/mol. The molecule has 2 aromatic rings. The Hall–Kier alpha value is -2.60. The number of hydrogen-bond donors (Lipinski definition) is 1. The Balaban J connectivity index is 1.34. The van der Waals surface area contributed by atoms with Gasteiger partial charge in [-0.1, -0.05) is 32.0 Å². The number of amides is 1. The molecule has 32 heavy (non-hydrogen) atoms. The van der Waals surface area contributed by atoms with E-state index in [-0.39, 0.29) is 29.5 Å². The summed E-state index contributed by atoms with van der Waals surface area (Å²) in [6, 6.07) is 10.8. The number of halogens is 1. The number of ether oxygens (including phenoxy) is 2. The van der Waals surface area contributed by atoms with Crippen molar-refractivity contribution in [3.05, 3.63) is 53.3 Å². The van der Waals surface area contributed by atoms with Crippen LogP contribution < -0.4 is 10.1 Å². The first-order valence-corrected chi connectivity index (χ1v) is 11.5. The number of methoxy groups -OCH3 is 1. The third-order valence-corrected chi connectivity index (χ3v) is 7.44. The van der Waals surface area contributed by atoms with Crippen LogP contribution in [0.4, 0.5) is 9.18 Å². The minimum absolute atomic E-state index is 0.00757. The Labute approximate surface area is 188 Å². The van der Waals surface area contributed by atoms with Crippen molar-refractivity contribution in [2.75, 3.05) is 26.7 Å². The number of nitrogens with one attached hydrogen (secondary N) is 1. The fourth-order valence-corrected chi connectivity index (χ4v) is 5.69. The SMILES string of the molecule is COc1cc(F)cc(-c2ccc3c(c2)CC(C)(C)C3NC(=O)O[C@H]2CN3CCC2CC3)c1. The zero-order valence-electron chi connectivity index (χ0n) is 19.0. The van der Waals surface area contributed by atoms with Gasteiger partial charge in [-0.25, -0.2) is 9.18 Å². The maximum atomic E-state index is 14.0. The van der Waals surface area contributed by atoms with Crippen LogP contribution in [0, 0.1) is 17.2 Å². The van der Waals surface area contributed by atoms with Gasteiger partial charge < -0.3 is 14.8 Å². The fraction of sp³-hybridized carbons (Fsp3) is 0.500. The Bertz CT molecular complexity index is 1030. The van der Waals surface area contributed by atoms with Crippen molar-refractivity contribution in [2.45, 2.75) is 45.3 Å². The smallest absolute Gasteiger partial charge is 0.407 e. The summed E-state index contributed by atoms with van der Waals surface area (Å²) < 4.78 is 25.1. The summed E-state index contributed by atoms with van der Waals surface area (Å²) in [6.07, 6.45) is 2.72. The molecular weight excluding hydrogens is 407 g/mol. The van der Waals surface area contributed by atoms with E-state index in [2.05, 4.69) is 36.2 Å². The first-order valence-electron chi connectivity index (χ1n) is 11.5. The van der Waals surface area contributed by atoms with Gasteiger partial charge in [0.2, 0.25) is 0 Å². The van der Waals surface area contributed by atoms with Crippen molar-refractivity contribution in [2.24, 2.45) is 11.3 Å². The van der Waals surface area contributed by atoms with E-state index in [1.165, 1.54) is 24.8 Å². The Morgan fingerprint density at radius 1 is 1.12 bits per heavy atom. The molecule has 2 atom stereocenters. The van der Waals surface area contributed by atoms with Crippen molar-refractivity contribution < 1.29 is 18.7 Å². The van der Waals surface area contributed by atoms with Crippen LogP contribution in [-0.2, 0) is 11.2 Å². The zero-order valence-corrected chi connectivity index (χ0v) is 19.0. The van der Waals surface area contributed by atoms with Crippen LogP contribution >= 0.6 is 0 Å². The van der Waals surface area contributed by atoms with Crippen LogP contribution in [0.1, 0.15) is 43.9 Å². The average Bonchev–Trinajstić information content (AvgIpc) is 3.02. The van der Waals surface area contributed by atoms with Gasteiger partial charge in [-0.05, 0) is 78.1 Å². The topological polar surface area (TPSA) is 50.8 Å². The van der Waals surface area contributed by atoms with Gasteiger partial charge in [0, 0.05) is 12.6 Å². The van der Waals surface area contributed by atoms with Crippen LogP contribution in [0.25, 0.3) is 11.1 Å². The molecule has 1 amide bonds. The van der Waals surface area contributed by atoms with E-state index in [1.807, 2.05) is 12.1 Å². The molecule has 3 fully saturated rings. The second-order valence-electron chi connectivity index (χ2n) is 10.1. The summed E-state index contributed by atoms with van der Waals surface area (Å²) in [6.45, 7) is 7.42. The third-order valence-electron chi connectivity index (χ3n) is 7.44. The van der Waals surface area contributed by atoms with Crippen molar-refractivity contribution >= 4 is 6.09 Å². The number of hydrogen-bond acceptors (Lipinski definition) is 4. The predicted molar refractivity (Wildman–Crippen MR) is 121 cm³/mol. The molecule has 5 nitrogen and oxygen atoms in total.